The minimum atomic E-state index is 0.0141. The first kappa shape index (κ1) is 14.7. The zero-order valence-electron chi connectivity index (χ0n) is 13.1. The van der Waals surface area contributed by atoms with Crippen LogP contribution in [-0.4, -0.2) is 44.5 Å². The number of piperazine rings is 1. The molecule has 0 aliphatic carbocycles. The Morgan fingerprint density at radius 1 is 1.24 bits per heavy atom. The molecule has 0 spiro atoms. The lowest BCUT2D eigenvalue weighted by molar-refractivity contribution is -0.0326. The fourth-order valence-electron chi connectivity index (χ4n) is 3.06. The fourth-order valence-corrected chi connectivity index (χ4v) is 3.06. The Hall–Kier alpha value is -1.26. The van der Waals surface area contributed by atoms with Crippen molar-refractivity contribution in [3.8, 4) is 5.75 Å². The van der Waals surface area contributed by atoms with Gasteiger partial charge in [0.1, 0.15) is 12.4 Å². The molecule has 2 fully saturated rings. The highest BCUT2D eigenvalue weighted by atomic mass is 16.6. The van der Waals surface area contributed by atoms with Gasteiger partial charge in [0.05, 0.1) is 11.7 Å². The Bertz CT molecular complexity index is 452. The van der Waals surface area contributed by atoms with Crippen LogP contribution < -0.4 is 15.0 Å². The van der Waals surface area contributed by atoms with Crippen molar-refractivity contribution in [3.63, 3.8) is 0 Å². The second-order valence-electron chi connectivity index (χ2n) is 6.58. The van der Waals surface area contributed by atoms with E-state index in [1.807, 2.05) is 0 Å². The van der Waals surface area contributed by atoms with E-state index < -0.39 is 0 Å². The van der Waals surface area contributed by atoms with Gasteiger partial charge >= 0.3 is 0 Å². The number of benzene rings is 1. The topological polar surface area (TPSA) is 33.7 Å². The summed E-state index contributed by atoms with van der Waals surface area (Å²) in [5, 5.41) is 3.37. The SMILES string of the molecule is CC1(C)CCC(COc2ccc(N3CCNCC3)cc2)O1. The standard InChI is InChI=1S/C17H26N2O2/c1-17(2)8-7-16(21-17)13-20-15-5-3-14(4-6-15)19-11-9-18-10-12-19/h3-6,16,18H,7-13H2,1-2H3. The predicted octanol–water partition coefficient (Wildman–Crippen LogP) is 2.43. The van der Waals surface area contributed by atoms with Crippen LogP contribution in [0.2, 0.25) is 0 Å². The van der Waals surface area contributed by atoms with Crippen molar-refractivity contribution in [2.75, 3.05) is 37.7 Å². The molecule has 2 aliphatic heterocycles. The molecule has 0 aromatic heterocycles. The Labute approximate surface area is 127 Å². The third-order valence-electron chi connectivity index (χ3n) is 4.31. The van der Waals surface area contributed by atoms with Crippen molar-refractivity contribution in [1.29, 1.82) is 0 Å². The van der Waals surface area contributed by atoms with Crippen LogP contribution in [0.25, 0.3) is 0 Å². The first-order valence-corrected chi connectivity index (χ1v) is 7.99. The molecule has 116 valence electrons. The average molecular weight is 290 g/mol. The normalized spacial score (nSPS) is 25.0. The van der Waals surface area contributed by atoms with Crippen molar-refractivity contribution in [1.82, 2.24) is 5.32 Å². The molecule has 2 saturated heterocycles. The molecule has 21 heavy (non-hydrogen) atoms. The van der Waals surface area contributed by atoms with Gasteiger partial charge in [-0.25, -0.2) is 0 Å². The maximum Gasteiger partial charge on any atom is 0.119 e. The molecule has 0 bridgehead atoms. The lowest BCUT2D eigenvalue weighted by Gasteiger charge is -2.29. The number of nitrogens with zero attached hydrogens (tertiary/aromatic N) is 1. The molecule has 1 aromatic rings. The largest absolute Gasteiger partial charge is 0.491 e. The van der Waals surface area contributed by atoms with Gasteiger partial charge in [-0.2, -0.15) is 0 Å². The predicted molar refractivity (Wildman–Crippen MR) is 85.2 cm³/mol. The summed E-state index contributed by atoms with van der Waals surface area (Å²) in [6.45, 7) is 9.22. The number of nitrogens with one attached hydrogen (secondary N) is 1. The van der Waals surface area contributed by atoms with Gasteiger partial charge in [-0.3, -0.25) is 0 Å². The first-order chi connectivity index (χ1) is 10.1. The lowest BCUT2D eigenvalue weighted by atomic mass is 10.1. The summed E-state index contributed by atoms with van der Waals surface area (Å²) in [7, 11) is 0. The average Bonchev–Trinajstić information content (AvgIpc) is 2.86. The summed E-state index contributed by atoms with van der Waals surface area (Å²) in [6, 6.07) is 8.44. The van der Waals surface area contributed by atoms with Crippen molar-refractivity contribution < 1.29 is 9.47 Å². The van der Waals surface area contributed by atoms with Crippen LogP contribution in [0.15, 0.2) is 24.3 Å². The van der Waals surface area contributed by atoms with Gasteiger partial charge in [0.25, 0.3) is 0 Å². The zero-order chi connectivity index (χ0) is 14.7. The highest BCUT2D eigenvalue weighted by Crippen LogP contribution is 2.30. The van der Waals surface area contributed by atoms with E-state index in [2.05, 4.69) is 48.3 Å². The van der Waals surface area contributed by atoms with Crippen LogP contribution in [0.4, 0.5) is 5.69 Å². The quantitative estimate of drug-likeness (QED) is 0.923. The van der Waals surface area contributed by atoms with Gasteiger partial charge in [0.2, 0.25) is 0 Å². The number of ether oxygens (including phenoxy) is 2. The number of hydrogen-bond acceptors (Lipinski definition) is 4. The molecular weight excluding hydrogens is 264 g/mol. The van der Waals surface area contributed by atoms with Crippen molar-refractivity contribution >= 4 is 5.69 Å². The van der Waals surface area contributed by atoms with E-state index in [0.29, 0.717) is 6.61 Å². The molecule has 0 amide bonds. The zero-order valence-corrected chi connectivity index (χ0v) is 13.1. The Morgan fingerprint density at radius 3 is 2.57 bits per heavy atom. The van der Waals surface area contributed by atoms with Crippen LogP contribution in [-0.2, 0) is 4.74 Å². The van der Waals surface area contributed by atoms with Gasteiger partial charge in [-0.15, -0.1) is 0 Å². The summed E-state index contributed by atoms with van der Waals surface area (Å²) in [5.74, 6) is 0.933. The fraction of sp³-hybridized carbons (Fsp3) is 0.647. The number of anilines is 1. The molecule has 1 atom stereocenters. The smallest absolute Gasteiger partial charge is 0.119 e. The van der Waals surface area contributed by atoms with Gasteiger partial charge in [0, 0.05) is 31.9 Å². The molecule has 1 N–H and O–H groups in total. The molecule has 2 aliphatic rings. The third kappa shape index (κ3) is 3.89. The van der Waals surface area contributed by atoms with Crippen LogP contribution in [0.1, 0.15) is 26.7 Å². The van der Waals surface area contributed by atoms with Crippen molar-refractivity contribution in [2.45, 2.75) is 38.4 Å². The molecular formula is C17H26N2O2. The Morgan fingerprint density at radius 2 is 1.95 bits per heavy atom. The Kier molecular flexibility index (Phi) is 4.36. The van der Waals surface area contributed by atoms with E-state index in [-0.39, 0.29) is 11.7 Å². The van der Waals surface area contributed by atoms with Crippen molar-refractivity contribution in [3.05, 3.63) is 24.3 Å². The monoisotopic (exact) mass is 290 g/mol. The molecule has 4 heteroatoms. The number of rotatable bonds is 4. The van der Waals surface area contributed by atoms with Gasteiger partial charge < -0.3 is 19.7 Å². The third-order valence-corrected chi connectivity index (χ3v) is 4.31. The molecule has 1 aromatic carbocycles. The molecule has 1 unspecified atom stereocenters. The molecule has 0 radical (unpaired) electrons. The minimum absolute atomic E-state index is 0.0141. The first-order valence-electron chi connectivity index (χ1n) is 7.99. The second-order valence-corrected chi connectivity index (χ2v) is 6.58. The van der Waals surface area contributed by atoms with Crippen LogP contribution in [0.5, 0.6) is 5.75 Å². The van der Waals surface area contributed by atoms with E-state index in [4.69, 9.17) is 9.47 Å². The van der Waals surface area contributed by atoms with E-state index in [1.165, 1.54) is 5.69 Å². The highest BCUT2D eigenvalue weighted by Gasteiger charge is 2.31. The minimum Gasteiger partial charge on any atom is -0.491 e. The van der Waals surface area contributed by atoms with E-state index in [0.717, 1.165) is 44.8 Å². The maximum absolute atomic E-state index is 5.95. The number of hydrogen-bond donors (Lipinski definition) is 1. The second kappa shape index (κ2) is 6.24. The van der Waals surface area contributed by atoms with Gasteiger partial charge in [-0.05, 0) is 51.0 Å². The van der Waals surface area contributed by atoms with Crippen LogP contribution in [0, 0.1) is 0 Å². The molecule has 0 saturated carbocycles. The van der Waals surface area contributed by atoms with E-state index in [9.17, 15) is 0 Å². The summed E-state index contributed by atoms with van der Waals surface area (Å²) >= 11 is 0. The molecule has 2 heterocycles. The summed E-state index contributed by atoms with van der Waals surface area (Å²) in [4.78, 5) is 2.41. The maximum atomic E-state index is 5.95. The van der Waals surface area contributed by atoms with Gasteiger partial charge in [-0.1, -0.05) is 0 Å². The van der Waals surface area contributed by atoms with Gasteiger partial charge in [0.15, 0.2) is 0 Å². The highest BCUT2D eigenvalue weighted by molar-refractivity contribution is 5.49. The summed E-state index contributed by atoms with van der Waals surface area (Å²) < 4.78 is 11.8. The van der Waals surface area contributed by atoms with Crippen LogP contribution >= 0.6 is 0 Å². The lowest BCUT2D eigenvalue weighted by Crippen LogP contribution is -2.43. The molecule has 4 nitrogen and oxygen atoms in total. The van der Waals surface area contributed by atoms with E-state index in [1.54, 1.807) is 0 Å². The van der Waals surface area contributed by atoms with Crippen molar-refractivity contribution in [2.24, 2.45) is 0 Å². The molecule has 3 rings (SSSR count). The van der Waals surface area contributed by atoms with Crippen LogP contribution in [0.3, 0.4) is 0 Å². The summed E-state index contributed by atoms with van der Waals surface area (Å²) in [5.41, 5.74) is 1.29. The van der Waals surface area contributed by atoms with E-state index >= 15 is 0 Å². The summed E-state index contributed by atoms with van der Waals surface area (Å²) in [6.07, 6.45) is 2.43. The Balaban J connectivity index is 1.50.